The summed E-state index contributed by atoms with van der Waals surface area (Å²) in [4.78, 5) is 21.5. The maximum Gasteiger partial charge on any atom is 0.273 e. The Balaban J connectivity index is 1.42. The molecule has 1 aliphatic carbocycles. The van der Waals surface area contributed by atoms with Crippen LogP contribution in [0.4, 0.5) is 5.13 Å². The topological polar surface area (TPSA) is 68.7 Å². The van der Waals surface area contributed by atoms with E-state index in [1.807, 2.05) is 17.3 Å². The summed E-state index contributed by atoms with van der Waals surface area (Å²) in [6.07, 6.45) is 4.11. The minimum atomic E-state index is -0.241. The maximum absolute atomic E-state index is 12.7. The number of aliphatic hydroxyl groups is 1. The first-order valence-corrected chi connectivity index (χ1v) is 9.88. The molecular formula is C17H26N4O2S. The summed E-state index contributed by atoms with van der Waals surface area (Å²) in [7, 11) is 1.82. The van der Waals surface area contributed by atoms with E-state index in [4.69, 9.17) is 0 Å². The van der Waals surface area contributed by atoms with Gasteiger partial charge in [0.15, 0.2) is 5.13 Å². The first kappa shape index (κ1) is 16.3. The summed E-state index contributed by atoms with van der Waals surface area (Å²) in [6.45, 7) is 3.81. The third-order valence-electron chi connectivity index (χ3n) is 5.94. The molecule has 0 bridgehead atoms. The Labute approximate surface area is 146 Å². The SMILES string of the molecule is CNc1nc(C(=O)N2C[C@H]3C[C@@H](N4CCCC4)[C@H](O)C[C@H]3C2)cs1. The van der Waals surface area contributed by atoms with E-state index in [9.17, 15) is 9.90 Å². The van der Waals surface area contributed by atoms with E-state index in [0.29, 0.717) is 23.6 Å². The second kappa shape index (κ2) is 6.61. The number of nitrogens with one attached hydrogen (secondary N) is 1. The molecule has 4 rings (SSSR count). The molecule has 2 aliphatic heterocycles. The number of carbonyl (C=O) groups is 1. The molecule has 0 spiro atoms. The van der Waals surface area contributed by atoms with Crippen LogP contribution in [-0.2, 0) is 0 Å². The first-order chi connectivity index (χ1) is 11.7. The number of amides is 1. The Morgan fingerprint density at radius 2 is 2.00 bits per heavy atom. The normalized spacial score (nSPS) is 33.7. The molecule has 3 heterocycles. The van der Waals surface area contributed by atoms with Gasteiger partial charge in [-0.1, -0.05) is 0 Å². The number of nitrogens with zero attached hydrogens (tertiary/aromatic N) is 3. The predicted octanol–water partition coefficient (Wildman–Crippen LogP) is 1.49. The smallest absolute Gasteiger partial charge is 0.273 e. The molecule has 2 saturated heterocycles. The van der Waals surface area contributed by atoms with Gasteiger partial charge in [0.2, 0.25) is 0 Å². The molecule has 0 unspecified atom stereocenters. The van der Waals surface area contributed by atoms with Crippen molar-refractivity contribution in [3.63, 3.8) is 0 Å². The Hall–Kier alpha value is -1.18. The fourth-order valence-corrected chi connectivity index (χ4v) is 5.33. The number of thiazole rings is 1. The van der Waals surface area contributed by atoms with Gasteiger partial charge in [0.25, 0.3) is 5.91 Å². The van der Waals surface area contributed by atoms with Crippen molar-refractivity contribution in [2.24, 2.45) is 11.8 Å². The molecule has 2 N–H and O–H groups in total. The lowest BCUT2D eigenvalue weighted by molar-refractivity contribution is -0.000864. The number of hydrogen-bond acceptors (Lipinski definition) is 6. The van der Waals surface area contributed by atoms with Gasteiger partial charge < -0.3 is 15.3 Å². The summed E-state index contributed by atoms with van der Waals surface area (Å²) >= 11 is 1.46. The van der Waals surface area contributed by atoms with Crippen molar-refractivity contribution < 1.29 is 9.90 Å². The van der Waals surface area contributed by atoms with Crippen molar-refractivity contribution in [2.75, 3.05) is 38.5 Å². The van der Waals surface area contributed by atoms with Gasteiger partial charge in [0.05, 0.1) is 6.10 Å². The van der Waals surface area contributed by atoms with Crippen LogP contribution in [0.3, 0.4) is 0 Å². The van der Waals surface area contributed by atoms with Crippen molar-refractivity contribution in [1.82, 2.24) is 14.8 Å². The van der Waals surface area contributed by atoms with Crippen molar-refractivity contribution in [3.05, 3.63) is 11.1 Å². The van der Waals surface area contributed by atoms with Crippen LogP contribution in [0.25, 0.3) is 0 Å². The second-order valence-corrected chi connectivity index (χ2v) is 8.23. The fourth-order valence-electron chi connectivity index (χ4n) is 4.69. The number of carbonyl (C=O) groups excluding carboxylic acids is 1. The molecule has 132 valence electrons. The zero-order valence-corrected chi connectivity index (χ0v) is 15.0. The average molecular weight is 350 g/mol. The minimum absolute atomic E-state index is 0.0364. The van der Waals surface area contributed by atoms with E-state index in [1.165, 1.54) is 24.2 Å². The standard InChI is InChI=1S/C17H26N4O2S/c1-18-17-19-13(10-24-17)16(23)21-8-11-6-14(20-4-2-3-5-20)15(22)7-12(11)9-21/h10-12,14-15,22H,2-9H2,1H3,(H,18,19)/t11-,12+,14-,15-/m1/s1. The van der Waals surface area contributed by atoms with E-state index in [-0.39, 0.29) is 12.0 Å². The Kier molecular flexibility index (Phi) is 4.49. The minimum Gasteiger partial charge on any atom is -0.391 e. The van der Waals surface area contributed by atoms with Crippen LogP contribution in [0.5, 0.6) is 0 Å². The highest BCUT2D eigenvalue weighted by atomic mass is 32.1. The molecule has 4 atom stereocenters. The van der Waals surface area contributed by atoms with Gasteiger partial charge in [-0.25, -0.2) is 4.98 Å². The Bertz CT molecular complexity index is 601. The number of hydrogen-bond donors (Lipinski definition) is 2. The molecular weight excluding hydrogens is 324 g/mol. The van der Waals surface area contributed by atoms with Crippen molar-refractivity contribution in [3.8, 4) is 0 Å². The van der Waals surface area contributed by atoms with E-state index < -0.39 is 0 Å². The largest absolute Gasteiger partial charge is 0.391 e. The highest BCUT2D eigenvalue weighted by Crippen LogP contribution is 2.39. The number of aliphatic hydroxyl groups excluding tert-OH is 1. The third kappa shape index (κ3) is 2.93. The number of fused-ring (bicyclic) bond motifs is 1. The van der Waals surface area contributed by atoms with E-state index in [2.05, 4.69) is 15.2 Å². The second-order valence-electron chi connectivity index (χ2n) is 7.37. The van der Waals surface area contributed by atoms with Crippen LogP contribution in [-0.4, -0.2) is 71.2 Å². The summed E-state index contributed by atoms with van der Waals surface area (Å²) in [5, 5.41) is 16.2. The van der Waals surface area contributed by atoms with Gasteiger partial charge in [-0.05, 0) is 50.6 Å². The third-order valence-corrected chi connectivity index (χ3v) is 6.80. The molecule has 1 aromatic rings. The average Bonchev–Trinajstić information content (AvgIpc) is 3.32. The maximum atomic E-state index is 12.7. The van der Waals surface area contributed by atoms with Crippen LogP contribution in [0.2, 0.25) is 0 Å². The fraction of sp³-hybridized carbons (Fsp3) is 0.765. The Morgan fingerprint density at radius 1 is 1.29 bits per heavy atom. The zero-order valence-electron chi connectivity index (χ0n) is 14.1. The number of rotatable bonds is 3. The summed E-state index contributed by atoms with van der Waals surface area (Å²) in [6, 6.07) is 0.291. The molecule has 0 radical (unpaired) electrons. The van der Waals surface area contributed by atoms with Gasteiger partial charge in [-0.3, -0.25) is 9.69 Å². The molecule has 1 amide bonds. The first-order valence-electron chi connectivity index (χ1n) is 9.00. The molecule has 3 aliphatic rings. The van der Waals surface area contributed by atoms with Gasteiger partial charge in [0, 0.05) is 31.6 Å². The zero-order chi connectivity index (χ0) is 16.7. The molecule has 0 aromatic carbocycles. The van der Waals surface area contributed by atoms with Crippen LogP contribution in [0, 0.1) is 11.8 Å². The number of anilines is 1. The molecule has 24 heavy (non-hydrogen) atoms. The number of likely N-dealkylation sites (tertiary alicyclic amines) is 2. The summed E-state index contributed by atoms with van der Waals surface area (Å²) in [5.74, 6) is 0.991. The highest BCUT2D eigenvalue weighted by Gasteiger charge is 2.45. The molecule has 1 aromatic heterocycles. The van der Waals surface area contributed by atoms with Crippen LogP contribution in [0.15, 0.2) is 5.38 Å². The van der Waals surface area contributed by atoms with Crippen LogP contribution >= 0.6 is 11.3 Å². The van der Waals surface area contributed by atoms with E-state index in [0.717, 1.165) is 44.2 Å². The quantitative estimate of drug-likeness (QED) is 0.864. The summed E-state index contributed by atoms with van der Waals surface area (Å²) < 4.78 is 0. The van der Waals surface area contributed by atoms with Gasteiger partial charge in [0.1, 0.15) is 5.69 Å². The van der Waals surface area contributed by atoms with Gasteiger partial charge in [-0.15, -0.1) is 11.3 Å². The molecule has 1 saturated carbocycles. The lowest BCUT2D eigenvalue weighted by Crippen LogP contribution is -2.48. The molecule has 3 fully saturated rings. The Morgan fingerprint density at radius 3 is 2.67 bits per heavy atom. The monoisotopic (exact) mass is 350 g/mol. The summed E-state index contributed by atoms with van der Waals surface area (Å²) in [5.41, 5.74) is 0.541. The van der Waals surface area contributed by atoms with Crippen molar-refractivity contribution >= 4 is 22.4 Å². The highest BCUT2D eigenvalue weighted by molar-refractivity contribution is 7.13. The predicted molar refractivity (Wildman–Crippen MR) is 94.4 cm³/mol. The van der Waals surface area contributed by atoms with E-state index in [1.54, 1.807) is 0 Å². The van der Waals surface area contributed by atoms with Crippen LogP contribution < -0.4 is 5.32 Å². The molecule has 6 nitrogen and oxygen atoms in total. The van der Waals surface area contributed by atoms with Crippen LogP contribution in [0.1, 0.15) is 36.2 Å². The van der Waals surface area contributed by atoms with Crippen molar-refractivity contribution in [1.29, 1.82) is 0 Å². The van der Waals surface area contributed by atoms with Gasteiger partial charge in [-0.2, -0.15) is 0 Å². The lowest BCUT2D eigenvalue weighted by Gasteiger charge is -2.40. The van der Waals surface area contributed by atoms with E-state index >= 15 is 0 Å². The molecule has 7 heteroatoms. The van der Waals surface area contributed by atoms with Gasteiger partial charge >= 0.3 is 0 Å². The van der Waals surface area contributed by atoms with Crippen molar-refractivity contribution in [2.45, 2.75) is 37.8 Å². The lowest BCUT2D eigenvalue weighted by atomic mass is 9.77. The number of aromatic nitrogens is 1.